The summed E-state index contributed by atoms with van der Waals surface area (Å²) >= 11 is 0. The van der Waals surface area contributed by atoms with Crippen LogP contribution in [-0.2, 0) is 4.74 Å². The number of morpholine rings is 1. The van der Waals surface area contributed by atoms with Crippen LogP contribution in [0.2, 0.25) is 0 Å². The number of aromatic nitrogens is 2. The molecule has 1 atom stereocenters. The highest BCUT2D eigenvalue weighted by molar-refractivity contribution is 5.43. The molecule has 6 heteroatoms. The molecule has 1 fully saturated rings. The van der Waals surface area contributed by atoms with Gasteiger partial charge < -0.3 is 19.7 Å². The van der Waals surface area contributed by atoms with Crippen LogP contribution in [0.3, 0.4) is 0 Å². The molecule has 6 nitrogen and oxygen atoms in total. The highest BCUT2D eigenvalue weighted by atomic mass is 16.5. The van der Waals surface area contributed by atoms with Crippen molar-refractivity contribution in [3.8, 4) is 5.88 Å². The van der Waals surface area contributed by atoms with Crippen LogP contribution in [0, 0.1) is 6.92 Å². The first-order chi connectivity index (χ1) is 9.24. The lowest BCUT2D eigenvalue weighted by Crippen LogP contribution is -2.51. The zero-order chi connectivity index (χ0) is 13.7. The van der Waals surface area contributed by atoms with E-state index in [1.807, 2.05) is 13.0 Å². The summed E-state index contributed by atoms with van der Waals surface area (Å²) in [5.41, 5.74) is 0. The fourth-order valence-electron chi connectivity index (χ4n) is 2.21. The number of hydrogen-bond donors (Lipinski definition) is 1. The summed E-state index contributed by atoms with van der Waals surface area (Å²) in [6, 6.07) is 2.18. The number of likely N-dealkylation sites (N-methyl/N-ethyl adjacent to an activating group) is 1. The van der Waals surface area contributed by atoms with Crippen molar-refractivity contribution in [1.82, 2.24) is 15.3 Å². The molecule has 1 saturated heterocycles. The summed E-state index contributed by atoms with van der Waals surface area (Å²) < 4.78 is 10.8. The molecule has 1 aromatic heterocycles. The van der Waals surface area contributed by atoms with E-state index in [2.05, 4.69) is 27.1 Å². The topological polar surface area (TPSA) is 59.5 Å². The molecule has 19 heavy (non-hydrogen) atoms. The standard InChI is InChI=1S/C13H22N4O2/c1-4-14-8-11-9-19-6-5-17(11)12-7-13(18-3)16-10(2)15-12/h7,11,14H,4-6,8-9H2,1-3H3. The summed E-state index contributed by atoms with van der Waals surface area (Å²) in [4.78, 5) is 11.0. The minimum Gasteiger partial charge on any atom is -0.481 e. The molecule has 0 aromatic carbocycles. The van der Waals surface area contributed by atoms with Crippen molar-refractivity contribution in [3.05, 3.63) is 11.9 Å². The third-order valence-electron chi connectivity index (χ3n) is 3.16. The predicted molar refractivity (Wildman–Crippen MR) is 73.8 cm³/mol. The molecule has 0 aliphatic carbocycles. The van der Waals surface area contributed by atoms with Gasteiger partial charge in [0, 0.05) is 19.2 Å². The SMILES string of the molecule is CCNCC1COCCN1c1cc(OC)nc(C)n1. The van der Waals surface area contributed by atoms with Crippen LogP contribution in [-0.4, -0.2) is 56.0 Å². The summed E-state index contributed by atoms with van der Waals surface area (Å²) in [6.45, 7) is 8.12. The number of aryl methyl sites for hydroxylation is 1. The molecule has 0 bridgehead atoms. The Morgan fingerprint density at radius 1 is 1.53 bits per heavy atom. The number of nitrogens with zero attached hydrogens (tertiary/aromatic N) is 3. The predicted octanol–water partition coefficient (Wildman–Crippen LogP) is 0.608. The lowest BCUT2D eigenvalue weighted by atomic mass is 10.2. The van der Waals surface area contributed by atoms with Gasteiger partial charge in [-0.15, -0.1) is 0 Å². The van der Waals surface area contributed by atoms with Gasteiger partial charge in [-0.2, -0.15) is 4.98 Å². The minimum absolute atomic E-state index is 0.299. The molecule has 1 unspecified atom stereocenters. The lowest BCUT2D eigenvalue weighted by molar-refractivity contribution is 0.0934. The van der Waals surface area contributed by atoms with Gasteiger partial charge in [0.1, 0.15) is 11.6 Å². The van der Waals surface area contributed by atoms with Gasteiger partial charge in [-0.1, -0.05) is 6.92 Å². The van der Waals surface area contributed by atoms with Crippen molar-refractivity contribution < 1.29 is 9.47 Å². The molecular formula is C13H22N4O2. The zero-order valence-electron chi connectivity index (χ0n) is 11.8. The van der Waals surface area contributed by atoms with Crippen molar-refractivity contribution in [2.24, 2.45) is 0 Å². The number of hydrogen-bond acceptors (Lipinski definition) is 6. The maximum absolute atomic E-state index is 5.56. The summed E-state index contributed by atoms with van der Waals surface area (Å²) in [5, 5.41) is 3.36. The molecule has 1 N–H and O–H groups in total. The maximum atomic E-state index is 5.56. The zero-order valence-corrected chi connectivity index (χ0v) is 11.8. The van der Waals surface area contributed by atoms with Crippen LogP contribution in [0.5, 0.6) is 5.88 Å². The monoisotopic (exact) mass is 266 g/mol. The molecule has 106 valence electrons. The fraction of sp³-hybridized carbons (Fsp3) is 0.692. The van der Waals surface area contributed by atoms with E-state index in [9.17, 15) is 0 Å². The van der Waals surface area contributed by atoms with Crippen molar-refractivity contribution in [3.63, 3.8) is 0 Å². The molecule has 1 aliphatic rings. The second-order valence-electron chi connectivity index (χ2n) is 4.55. The summed E-state index contributed by atoms with van der Waals surface area (Å²) in [7, 11) is 1.63. The normalized spacial score (nSPS) is 19.5. The Morgan fingerprint density at radius 2 is 2.37 bits per heavy atom. The molecule has 1 aromatic rings. The molecular weight excluding hydrogens is 244 g/mol. The Kier molecular flexibility index (Phi) is 4.93. The number of rotatable bonds is 5. The van der Waals surface area contributed by atoms with Crippen LogP contribution >= 0.6 is 0 Å². The smallest absolute Gasteiger partial charge is 0.218 e. The molecule has 0 radical (unpaired) electrons. The fourth-order valence-corrected chi connectivity index (χ4v) is 2.21. The minimum atomic E-state index is 0.299. The molecule has 0 amide bonds. The van der Waals surface area contributed by atoms with Crippen molar-refractivity contribution in [2.75, 3.05) is 44.9 Å². The van der Waals surface area contributed by atoms with E-state index >= 15 is 0 Å². The third-order valence-corrected chi connectivity index (χ3v) is 3.16. The van der Waals surface area contributed by atoms with E-state index in [4.69, 9.17) is 9.47 Å². The Balaban J connectivity index is 2.18. The van der Waals surface area contributed by atoms with E-state index in [0.717, 1.165) is 44.5 Å². The Labute approximate surface area is 114 Å². The van der Waals surface area contributed by atoms with Gasteiger partial charge in [0.25, 0.3) is 0 Å². The second-order valence-corrected chi connectivity index (χ2v) is 4.55. The third kappa shape index (κ3) is 3.54. The molecule has 2 rings (SSSR count). The Morgan fingerprint density at radius 3 is 3.11 bits per heavy atom. The van der Waals surface area contributed by atoms with Crippen LogP contribution in [0.1, 0.15) is 12.7 Å². The van der Waals surface area contributed by atoms with Gasteiger partial charge in [-0.25, -0.2) is 4.98 Å². The maximum Gasteiger partial charge on any atom is 0.218 e. The number of ether oxygens (including phenoxy) is 2. The quantitative estimate of drug-likeness (QED) is 0.842. The van der Waals surface area contributed by atoms with E-state index in [-0.39, 0.29) is 0 Å². The highest BCUT2D eigenvalue weighted by Gasteiger charge is 2.24. The van der Waals surface area contributed by atoms with E-state index in [1.165, 1.54) is 0 Å². The van der Waals surface area contributed by atoms with Gasteiger partial charge >= 0.3 is 0 Å². The Bertz CT molecular complexity index is 414. The van der Waals surface area contributed by atoms with Crippen LogP contribution in [0.25, 0.3) is 0 Å². The molecule has 0 spiro atoms. The van der Waals surface area contributed by atoms with Gasteiger partial charge in [-0.3, -0.25) is 0 Å². The van der Waals surface area contributed by atoms with Gasteiger partial charge in [0.2, 0.25) is 5.88 Å². The van der Waals surface area contributed by atoms with Crippen LogP contribution in [0.4, 0.5) is 5.82 Å². The van der Waals surface area contributed by atoms with E-state index in [1.54, 1.807) is 7.11 Å². The molecule has 1 aliphatic heterocycles. The number of nitrogens with one attached hydrogen (secondary N) is 1. The van der Waals surface area contributed by atoms with Crippen molar-refractivity contribution >= 4 is 5.82 Å². The van der Waals surface area contributed by atoms with Crippen molar-refractivity contribution in [2.45, 2.75) is 19.9 Å². The first-order valence-corrected chi connectivity index (χ1v) is 6.69. The second kappa shape index (κ2) is 6.68. The first kappa shape index (κ1) is 14.0. The van der Waals surface area contributed by atoms with Crippen LogP contribution < -0.4 is 15.0 Å². The summed E-state index contributed by atoms with van der Waals surface area (Å²) in [5.74, 6) is 2.25. The number of methoxy groups -OCH3 is 1. The van der Waals surface area contributed by atoms with E-state index < -0.39 is 0 Å². The van der Waals surface area contributed by atoms with E-state index in [0.29, 0.717) is 11.9 Å². The van der Waals surface area contributed by atoms with Gasteiger partial charge in [0.05, 0.1) is 26.4 Å². The highest BCUT2D eigenvalue weighted by Crippen LogP contribution is 2.21. The average molecular weight is 266 g/mol. The van der Waals surface area contributed by atoms with Crippen LogP contribution in [0.15, 0.2) is 6.07 Å². The summed E-state index contributed by atoms with van der Waals surface area (Å²) in [6.07, 6.45) is 0. The average Bonchev–Trinajstić information content (AvgIpc) is 2.44. The van der Waals surface area contributed by atoms with Gasteiger partial charge in [-0.05, 0) is 13.5 Å². The lowest BCUT2D eigenvalue weighted by Gasteiger charge is -2.36. The van der Waals surface area contributed by atoms with Gasteiger partial charge in [0.15, 0.2) is 0 Å². The molecule has 2 heterocycles. The molecule has 0 saturated carbocycles. The number of anilines is 1. The largest absolute Gasteiger partial charge is 0.481 e. The van der Waals surface area contributed by atoms with Crippen molar-refractivity contribution in [1.29, 1.82) is 0 Å². The Hall–Kier alpha value is -1.40. The first-order valence-electron chi connectivity index (χ1n) is 6.69.